The van der Waals surface area contributed by atoms with Crippen molar-refractivity contribution >= 4 is 5.97 Å². The van der Waals surface area contributed by atoms with E-state index >= 15 is 0 Å². The minimum Gasteiger partial charge on any atom is -0.490 e. The molecule has 2 rings (SSSR count). The van der Waals surface area contributed by atoms with E-state index in [2.05, 4.69) is 16.9 Å². The van der Waals surface area contributed by atoms with Gasteiger partial charge in [0.1, 0.15) is 5.69 Å². The van der Waals surface area contributed by atoms with Crippen molar-refractivity contribution in [3.8, 4) is 23.0 Å². The van der Waals surface area contributed by atoms with Crippen molar-refractivity contribution in [1.82, 2.24) is 9.97 Å². The lowest BCUT2D eigenvalue weighted by Crippen LogP contribution is -2.14. The number of carbonyl (C=O) groups excluding carboxylic acids is 1. The monoisotopic (exact) mass is 356 g/mol. The highest BCUT2D eigenvalue weighted by Crippen LogP contribution is 2.29. The Morgan fingerprint density at radius 2 is 1.92 bits per heavy atom. The van der Waals surface area contributed by atoms with Gasteiger partial charge in [-0.25, -0.2) is 0 Å². The van der Waals surface area contributed by atoms with Crippen molar-refractivity contribution in [2.75, 3.05) is 6.61 Å². The Kier molecular flexibility index (Phi) is 8.06. The Morgan fingerprint density at radius 1 is 1.15 bits per heavy atom. The topological polar surface area (TPSA) is 61.3 Å². The molecular formula is C21H28N2O3. The molecule has 0 fully saturated rings. The fourth-order valence-electron chi connectivity index (χ4n) is 2.42. The molecule has 0 saturated heterocycles. The number of unbranched alkanes of at least 4 members (excludes halogenated alkanes) is 2. The molecule has 1 aromatic carbocycles. The summed E-state index contributed by atoms with van der Waals surface area (Å²) in [5, 5.41) is 0. The molecule has 0 bridgehead atoms. The lowest BCUT2D eigenvalue weighted by atomic mass is 10.1. The first kappa shape index (κ1) is 19.9. The normalized spacial score (nSPS) is 11.8. The number of hydrogen-bond acceptors (Lipinski definition) is 5. The fraction of sp³-hybridized carbons (Fsp3) is 0.476. The summed E-state index contributed by atoms with van der Waals surface area (Å²) in [7, 11) is 0. The molecule has 0 aliphatic carbocycles. The first-order chi connectivity index (χ1) is 12.6. The van der Waals surface area contributed by atoms with Crippen molar-refractivity contribution in [1.29, 1.82) is 0 Å². The van der Waals surface area contributed by atoms with E-state index in [4.69, 9.17) is 9.47 Å². The summed E-state index contributed by atoms with van der Waals surface area (Å²) in [6, 6.07) is 9.79. The zero-order valence-electron chi connectivity index (χ0n) is 15.9. The molecule has 1 heterocycles. The number of esters is 1. The molecule has 1 aromatic heterocycles. The number of rotatable bonds is 10. The second-order valence-corrected chi connectivity index (χ2v) is 6.48. The van der Waals surface area contributed by atoms with Gasteiger partial charge in [-0.1, -0.05) is 70.4 Å². The minimum absolute atomic E-state index is 0.0677. The molecule has 0 radical (unpaired) electrons. The second-order valence-electron chi connectivity index (χ2n) is 6.48. The van der Waals surface area contributed by atoms with Crippen LogP contribution >= 0.6 is 0 Å². The number of nitrogens with zero attached hydrogens (tertiary/aromatic N) is 2. The average molecular weight is 356 g/mol. The van der Waals surface area contributed by atoms with Crippen molar-refractivity contribution < 1.29 is 14.3 Å². The summed E-state index contributed by atoms with van der Waals surface area (Å²) < 4.78 is 11.2. The van der Waals surface area contributed by atoms with Crippen LogP contribution in [0.4, 0.5) is 0 Å². The van der Waals surface area contributed by atoms with Gasteiger partial charge in [0.15, 0.2) is 5.75 Å². The number of aromatic nitrogens is 2. The maximum absolute atomic E-state index is 12.0. The molecule has 0 amide bonds. The van der Waals surface area contributed by atoms with Gasteiger partial charge in [0, 0.05) is 12.0 Å². The maximum atomic E-state index is 12.0. The molecule has 26 heavy (non-hydrogen) atoms. The van der Waals surface area contributed by atoms with Crippen LogP contribution in [0.2, 0.25) is 0 Å². The van der Waals surface area contributed by atoms with Crippen LogP contribution in [0.15, 0.2) is 36.5 Å². The summed E-state index contributed by atoms with van der Waals surface area (Å²) in [5.74, 6) is 0.571. The maximum Gasteiger partial charge on any atom is 0.325 e. The fourth-order valence-corrected chi connectivity index (χ4v) is 2.42. The number of carbonyl (C=O) groups is 1. The molecule has 0 aliphatic heterocycles. The van der Waals surface area contributed by atoms with E-state index in [0.717, 1.165) is 31.2 Å². The predicted octanol–water partition coefficient (Wildman–Crippen LogP) is 5.05. The quantitative estimate of drug-likeness (QED) is 0.440. The number of ether oxygens (including phenoxy) is 2. The highest BCUT2D eigenvalue weighted by atomic mass is 16.5. The van der Waals surface area contributed by atoms with Gasteiger partial charge < -0.3 is 9.47 Å². The van der Waals surface area contributed by atoms with Crippen LogP contribution in [0.1, 0.15) is 52.9 Å². The summed E-state index contributed by atoms with van der Waals surface area (Å²) >= 11 is 0. The molecule has 0 saturated carbocycles. The molecule has 2 aromatic rings. The van der Waals surface area contributed by atoms with E-state index < -0.39 is 0 Å². The molecule has 140 valence electrons. The Hall–Kier alpha value is -2.43. The Morgan fingerprint density at radius 3 is 2.62 bits per heavy atom. The first-order valence-electron chi connectivity index (χ1n) is 9.40. The van der Waals surface area contributed by atoms with E-state index in [1.54, 1.807) is 6.20 Å². The average Bonchev–Trinajstić information content (AvgIpc) is 2.66. The van der Waals surface area contributed by atoms with Gasteiger partial charge in [-0.15, -0.1) is 0 Å². The Bertz CT molecular complexity index is 689. The van der Waals surface area contributed by atoms with Gasteiger partial charge in [-0.3, -0.25) is 4.79 Å². The van der Waals surface area contributed by atoms with E-state index in [1.165, 1.54) is 0 Å². The highest BCUT2D eigenvalue weighted by Gasteiger charge is 2.15. The molecule has 5 nitrogen and oxygen atoms in total. The number of hydrogen-bond donors (Lipinski definition) is 0. The minimum atomic E-state index is -0.310. The van der Waals surface area contributed by atoms with Gasteiger partial charge in [0.2, 0.25) is 0 Å². The van der Waals surface area contributed by atoms with E-state index in [0.29, 0.717) is 24.5 Å². The second kappa shape index (κ2) is 10.5. The zero-order chi connectivity index (χ0) is 18.8. The number of benzene rings is 1. The molecule has 1 atom stereocenters. The van der Waals surface area contributed by atoms with Gasteiger partial charge in [-0.05, 0) is 12.3 Å². The summed E-state index contributed by atoms with van der Waals surface area (Å²) in [5.41, 5.74) is 1.54. The molecular weight excluding hydrogens is 328 g/mol. The standard InChI is InChI=1S/C21H28N2O3/c1-4-6-10-13-25-18-15-22-21(26-19(24)14-16(3)5-2)23-20(18)17-11-8-7-9-12-17/h7-9,11-12,15-16H,4-6,10,13-14H2,1-3H3. The van der Waals surface area contributed by atoms with Crippen molar-refractivity contribution in [2.24, 2.45) is 5.92 Å². The van der Waals surface area contributed by atoms with Crippen LogP contribution in [0.25, 0.3) is 11.3 Å². The largest absolute Gasteiger partial charge is 0.490 e. The van der Waals surface area contributed by atoms with Crippen LogP contribution < -0.4 is 9.47 Å². The van der Waals surface area contributed by atoms with Crippen LogP contribution in [-0.4, -0.2) is 22.5 Å². The van der Waals surface area contributed by atoms with Crippen molar-refractivity contribution in [3.05, 3.63) is 36.5 Å². The van der Waals surface area contributed by atoms with Gasteiger partial charge in [0.05, 0.1) is 12.8 Å². The molecule has 0 spiro atoms. The van der Waals surface area contributed by atoms with Crippen LogP contribution in [0.3, 0.4) is 0 Å². The van der Waals surface area contributed by atoms with Crippen LogP contribution in [0.5, 0.6) is 11.8 Å². The predicted molar refractivity (Wildman–Crippen MR) is 102 cm³/mol. The van der Waals surface area contributed by atoms with Crippen molar-refractivity contribution in [3.63, 3.8) is 0 Å². The Balaban J connectivity index is 2.18. The van der Waals surface area contributed by atoms with E-state index in [-0.39, 0.29) is 17.9 Å². The Labute approximate surface area is 155 Å². The summed E-state index contributed by atoms with van der Waals surface area (Å²) in [6.45, 7) is 6.84. The van der Waals surface area contributed by atoms with Crippen LogP contribution in [0, 0.1) is 5.92 Å². The lowest BCUT2D eigenvalue weighted by molar-refractivity contribution is -0.135. The van der Waals surface area contributed by atoms with Crippen molar-refractivity contribution in [2.45, 2.75) is 52.9 Å². The third kappa shape index (κ3) is 6.14. The molecule has 5 heteroatoms. The van der Waals surface area contributed by atoms with Gasteiger partial charge in [0.25, 0.3) is 0 Å². The van der Waals surface area contributed by atoms with Gasteiger partial charge in [-0.2, -0.15) is 9.97 Å². The van der Waals surface area contributed by atoms with Gasteiger partial charge >= 0.3 is 12.0 Å². The molecule has 0 aliphatic rings. The molecule has 1 unspecified atom stereocenters. The van der Waals surface area contributed by atoms with E-state index in [1.807, 2.05) is 44.2 Å². The van der Waals surface area contributed by atoms with E-state index in [9.17, 15) is 4.79 Å². The highest BCUT2D eigenvalue weighted by molar-refractivity contribution is 5.72. The third-order valence-corrected chi connectivity index (χ3v) is 4.20. The van der Waals surface area contributed by atoms with Crippen LogP contribution in [-0.2, 0) is 4.79 Å². The zero-order valence-corrected chi connectivity index (χ0v) is 15.9. The smallest absolute Gasteiger partial charge is 0.325 e. The summed E-state index contributed by atoms with van der Waals surface area (Å²) in [6.07, 6.45) is 6.11. The molecule has 0 N–H and O–H groups in total. The SMILES string of the molecule is CCCCCOc1cnc(OC(=O)CC(C)CC)nc1-c1ccccc1. The summed E-state index contributed by atoms with van der Waals surface area (Å²) in [4.78, 5) is 20.6. The first-order valence-corrected chi connectivity index (χ1v) is 9.40. The lowest BCUT2D eigenvalue weighted by Gasteiger charge is -2.12. The third-order valence-electron chi connectivity index (χ3n) is 4.20.